The van der Waals surface area contributed by atoms with E-state index < -0.39 is 0 Å². The van der Waals surface area contributed by atoms with Crippen LogP contribution in [0.15, 0.2) is 32.4 Å². The van der Waals surface area contributed by atoms with E-state index in [0.717, 1.165) is 6.42 Å². The summed E-state index contributed by atoms with van der Waals surface area (Å²) in [4.78, 5) is 29.6. The Labute approximate surface area is 149 Å². The predicted octanol–water partition coefficient (Wildman–Crippen LogP) is 2.99. The molecule has 0 saturated carbocycles. The van der Waals surface area contributed by atoms with Crippen molar-refractivity contribution >= 4 is 28.3 Å². The van der Waals surface area contributed by atoms with Crippen LogP contribution in [0.25, 0.3) is 11.1 Å². The molecule has 7 heteroatoms. The van der Waals surface area contributed by atoms with Crippen molar-refractivity contribution in [3.8, 4) is 0 Å². The van der Waals surface area contributed by atoms with E-state index in [1.165, 1.54) is 16.5 Å². The molecule has 0 aliphatic heterocycles. The monoisotopic (exact) mass is 359 g/mol. The zero-order valence-corrected chi connectivity index (χ0v) is 15.4. The Morgan fingerprint density at radius 1 is 1.44 bits per heavy atom. The maximum absolute atomic E-state index is 12.7. The molecule has 0 fully saturated rings. The molecule has 0 aromatic carbocycles. The summed E-state index contributed by atoms with van der Waals surface area (Å²) in [5.74, 6) is 0.412. The Morgan fingerprint density at radius 3 is 2.92 bits per heavy atom. The highest BCUT2D eigenvalue weighted by molar-refractivity contribution is 7.07. The van der Waals surface area contributed by atoms with Gasteiger partial charge in [-0.05, 0) is 41.7 Å². The van der Waals surface area contributed by atoms with E-state index in [1.807, 2.05) is 25.3 Å². The number of fused-ring (bicyclic) bond motifs is 1. The van der Waals surface area contributed by atoms with Gasteiger partial charge in [-0.3, -0.25) is 14.2 Å². The number of hydrogen-bond acceptors (Lipinski definition) is 5. The van der Waals surface area contributed by atoms with Crippen LogP contribution in [0.3, 0.4) is 0 Å². The lowest BCUT2D eigenvalue weighted by Gasteiger charge is -2.08. The largest absolute Gasteiger partial charge is 0.442 e. The molecule has 3 heterocycles. The molecule has 1 N–H and O–H groups in total. The standard InChI is InChI=1S/C18H21N3O3S/c1-11(2)8-21-10-20-17-15(18(21)23)14(12(3)24-17)16(22)19-6-4-13-5-7-25-9-13/h5,7,9-11H,4,6,8H2,1-3H3,(H,19,22). The summed E-state index contributed by atoms with van der Waals surface area (Å²) >= 11 is 1.63. The second-order valence-electron chi connectivity index (χ2n) is 6.45. The first kappa shape index (κ1) is 17.4. The lowest BCUT2D eigenvalue weighted by molar-refractivity contribution is 0.0954. The van der Waals surface area contributed by atoms with Gasteiger partial charge in [-0.15, -0.1) is 0 Å². The molecule has 3 rings (SSSR count). The van der Waals surface area contributed by atoms with Crippen LogP contribution in [0, 0.1) is 12.8 Å². The van der Waals surface area contributed by atoms with Gasteiger partial charge in [0.05, 0.1) is 5.56 Å². The minimum atomic E-state index is -0.298. The van der Waals surface area contributed by atoms with Crippen molar-refractivity contribution in [2.24, 2.45) is 5.92 Å². The number of furan rings is 1. The normalized spacial score (nSPS) is 11.4. The molecule has 3 aromatic heterocycles. The van der Waals surface area contributed by atoms with Gasteiger partial charge in [-0.25, -0.2) is 4.98 Å². The summed E-state index contributed by atoms with van der Waals surface area (Å²) in [6, 6.07) is 2.03. The lowest BCUT2D eigenvalue weighted by Crippen LogP contribution is -2.28. The van der Waals surface area contributed by atoms with Gasteiger partial charge in [-0.1, -0.05) is 13.8 Å². The van der Waals surface area contributed by atoms with Crippen LogP contribution < -0.4 is 10.9 Å². The third-order valence-corrected chi connectivity index (χ3v) is 4.66. The van der Waals surface area contributed by atoms with E-state index in [9.17, 15) is 9.59 Å². The van der Waals surface area contributed by atoms with E-state index in [0.29, 0.717) is 24.8 Å². The van der Waals surface area contributed by atoms with E-state index in [4.69, 9.17) is 4.42 Å². The fourth-order valence-corrected chi connectivity index (χ4v) is 3.48. The number of carbonyl (C=O) groups excluding carboxylic acids is 1. The summed E-state index contributed by atoms with van der Waals surface area (Å²) in [5, 5.41) is 7.19. The third-order valence-electron chi connectivity index (χ3n) is 3.92. The summed E-state index contributed by atoms with van der Waals surface area (Å²) in [6.45, 7) is 6.78. The number of nitrogens with zero attached hydrogens (tertiary/aromatic N) is 2. The number of amides is 1. The van der Waals surface area contributed by atoms with Gasteiger partial charge in [0.2, 0.25) is 5.71 Å². The molecule has 0 spiro atoms. The van der Waals surface area contributed by atoms with E-state index in [2.05, 4.69) is 15.7 Å². The van der Waals surface area contributed by atoms with Crippen LogP contribution in [-0.4, -0.2) is 22.0 Å². The van der Waals surface area contributed by atoms with E-state index >= 15 is 0 Å². The highest BCUT2D eigenvalue weighted by Gasteiger charge is 2.22. The maximum atomic E-state index is 12.7. The number of carbonyl (C=O) groups is 1. The molecule has 0 unspecified atom stereocenters. The minimum absolute atomic E-state index is 0.213. The molecule has 0 aliphatic carbocycles. The summed E-state index contributed by atoms with van der Waals surface area (Å²) < 4.78 is 7.06. The van der Waals surface area contributed by atoms with Crippen molar-refractivity contribution in [2.45, 2.75) is 33.7 Å². The molecule has 25 heavy (non-hydrogen) atoms. The topological polar surface area (TPSA) is 77.1 Å². The maximum Gasteiger partial charge on any atom is 0.265 e. The van der Waals surface area contributed by atoms with Gasteiger partial charge in [-0.2, -0.15) is 11.3 Å². The molecule has 0 saturated heterocycles. The first-order chi connectivity index (χ1) is 12.0. The highest BCUT2D eigenvalue weighted by Crippen LogP contribution is 2.21. The quantitative estimate of drug-likeness (QED) is 0.734. The Bertz CT molecular complexity index is 939. The Balaban J connectivity index is 1.87. The first-order valence-electron chi connectivity index (χ1n) is 8.25. The molecule has 1 amide bonds. The zero-order valence-electron chi connectivity index (χ0n) is 14.5. The van der Waals surface area contributed by atoms with E-state index in [-0.39, 0.29) is 28.1 Å². The Hall–Kier alpha value is -2.41. The Kier molecular flexibility index (Phi) is 5.03. The molecule has 0 radical (unpaired) electrons. The summed E-state index contributed by atoms with van der Waals surface area (Å²) in [6.07, 6.45) is 2.23. The lowest BCUT2D eigenvalue weighted by atomic mass is 10.1. The van der Waals surface area contributed by atoms with Gasteiger partial charge in [0.25, 0.3) is 11.5 Å². The summed E-state index contributed by atoms with van der Waals surface area (Å²) in [5.41, 5.74) is 1.44. The van der Waals surface area contributed by atoms with Gasteiger partial charge in [0.15, 0.2) is 0 Å². The number of nitrogens with one attached hydrogen (secondary N) is 1. The van der Waals surface area contributed by atoms with Gasteiger partial charge < -0.3 is 9.73 Å². The van der Waals surface area contributed by atoms with Crippen LogP contribution in [0.5, 0.6) is 0 Å². The van der Waals surface area contributed by atoms with Crippen molar-refractivity contribution in [3.63, 3.8) is 0 Å². The average molecular weight is 359 g/mol. The van der Waals surface area contributed by atoms with Crippen LogP contribution >= 0.6 is 11.3 Å². The fraction of sp³-hybridized carbons (Fsp3) is 0.389. The SMILES string of the molecule is Cc1oc2ncn(CC(C)C)c(=O)c2c1C(=O)NCCc1ccsc1. The van der Waals surface area contributed by atoms with Crippen molar-refractivity contribution in [1.29, 1.82) is 0 Å². The van der Waals surface area contributed by atoms with Gasteiger partial charge >= 0.3 is 0 Å². The highest BCUT2D eigenvalue weighted by atomic mass is 32.1. The first-order valence-corrected chi connectivity index (χ1v) is 9.19. The second kappa shape index (κ2) is 7.23. The van der Waals surface area contributed by atoms with Crippen LogP contribution in [0.1, 0.15) is 35.5 Å². The van der Waals surface area contributed by atoms with Crippen LogP contribution in [0.4, 0.5) is 0 Å². The average Bonchev–Trinajstić information content (AvgIpc) is 3.17. The molecule has 6 nitrogen and oxygen atoms in total. The molecule has 3 aromatic rings. The minimum Gasteiger partial charge on any atom is -0.442 e. The van der Waals surface area contributed by atoms with E-state index in [1.54, 1.807) is 18.3 Å². The molecule has 132 valence electrons. The molecule has 0 atom stereocenters. The molecular formula is C18H21N3O3S. The molecule has 0 bridgehead atoms. The van der Waals surface area contributed by atoms with Gasteiger partial charge in [0, 0.05) is 13.1 Å². The van der Waals surface area contributed by atoms with Crippen molar-refractivity contribution in [1.82, 2.24) is 14.9 Å². The number of aryl methyl sites for hydroxylation is 1. The second-order valence-corrected chi connectivity index (χ2v) is 7.23. The predicted molar refractivity (Wildman–Crippen MR) is 98.2 cm³/mol. The smallest absolute Gasteiger partial charge is 0.265 e. The number of thiophene rings is 1. The van der Waals surface area contributed by atoms with Crippen molar-refractivity contribution < 1.29 is 9.21 Å². The fourth-order valence-electron chi connectivity index (χ4n) is 2.78. The van der Waals surface area contributed by atoms with Crippen LogP contribution in [0.2, 0.25) is 0 Å². The molecule has 0 aliphatic rings. The molecular weight excluding hydrogens is 338 g/mol. The van der Waals surface area contributed by atoms with Crippen molar-refractivity contribution in [3.05, 3.63) is 50.4 Å². The zero-order chi connectivity index (χ0) is 18.0. The number of hydrogen-bond donors (Lipinski definition) is 1. The number of rotatable bonds is 6. The summed E-state index contributed by atoms with van der Waals surface area (Å²) in [7, 11) is 0. The van der Waals surface area contributed by atoms with Gasteiger partial charge in [0.1, 0.15) is 17.5 Å². The third kappa shape index (κ3) is 3.66. The van der Waals surface area contributed by atoms with Crippen molar-refractivity contribution in [2.75, 3.05) is 6.54 Å². The van der Waals surface area contributed by atoms with Crippen LogP contribution in [-0.2, 0) is 13.0 Å². The Morgan fingerprint density at radius 2 is 2.24 bits per heavy atom. The number of aromatic nitrogens is 2.